The molecule has 2 aromatic carbocycles. The van der Waals surface area contributed by atoms with E-state index >= 15 is 0 Å². The fourth-order valence-corrected chi connectivity index (χ4v) is 2.72. The summed E-state index contributed by atoms with van der Waals surface area (Å²) in [6, 6.07) is 12.1. The van der Waals surface area contributed by atoms with Gasteiger partial charge in [0.15, 0.2) is 0 Å². The Morgan fingerprint density at radius 2 is 1.86 bits per heavy atom. The average Bonchev–Trinajstić information content (AvgIpc) is 2.56. The van der Waals surface area contributed by atoms with Crippen LogP contribution >= 0.6 is 0 Å². The first-order valence-corrected chi connectivity index (χ1v) is 7.88. The number of carbonyl (C=O) groups is 1. The van der Waals surface area contributed by atoms with E-state index in [1.54, 1.807) is 6.07 Å². The van der Waals surface area contributed by atoms with Crippen LogP contribution in [0.2, 0.25) is 0 Å². The van der Waals surface area contributed by atoms with Gasteiger partial charge in [-0.2, -0.15) is 0 Å². The molecular formula is C19H24O3. The molecule has 2 rings (SSSR count). The lowest BCUT2D eigenvalue weighted by Crippen LogP contribution is -2.00. The Labute approximate surface area is 131 Å². The molecule has 0 aliphatic carbocycles. The molecule has 0 amide bonds. The van der Waals surface area contributed by atoms with Crippen LogP contribution in [0.15, 0.2) is 36.4 Å². The summed E-state index contributed by atoms with van der Waals surface area (Å²) in [5, 5.41) is 11.0. The minimum absolute atomic E-state index is 0.278. The molecule has 3 nitrogen and oxygen atoms in total. The van der Waals surface area contributed by atoms with Crippen LogP contribution in [0.3, 0.4) is 0 Å². The van der Waals surface area contributed by atoms with Crippen LogP contribution in [-0.4, -0.2) is 24.8 Å². The van der Waals surface area contributed by atoms with Gasteiger partial charge in [0, 0.05) is 6.61 Å². The van der Waals surface area contributed by atoms with Crippen LogP contribution < -0.4 is 0 Å². The fraction of sp³-hybridized carbons (Fsp3) is 0.421. The van der Waals surface area contributed by atoms with Gasteiger partial charge in [-0.05, 0) is 47.2 Å². The Morgan fingerprint density at radius 3 is 2.59 bits per heavy atom. The summed E-state index contributed by atoms with van der Waals surface area (Å²) >= 11 is 0. The molecule has 118 valence electrons. The van der Waals surface area contributed by atoms with Gasteiger partial charge in [0.05, 0.1) is 12.7 Å². The summed E-state index contributed by atoms with van der Waals surface area (Å²) < 4.78 is 4.78. The van der Waals surface area contributed by atoms with Crippen LogP contribution in [0.5, 0.6) is 0 Å². The van der Waals surface area contributed by atoms with Crippen molar-refractivity contribution < 1.29 is 14.6 Å². The minimum Gasteiger partial charge on any atom is -0.465 e. The van der Waals surface area contributed by atoms with Crippen molar-refractivity contribution >= 4 is 16.7 Å². The van der Waals surface area contributed by atoms with Gasteiger partial charge in [-0.1, -0.05) is 44.0 Å². The van der Waals surface area contributed by atoms with Crippen molar-refractivity contribution in [1.82, 2.24) is 0 Å². The van der Waals surface area contributed by atoms with Crippen molar-refractivity contribution in [1.29, 1.82) is 0 Å². The molecule has 0 spiro atoms. The van der Waals surface area contributed by atoms with Gasteiger partial charge in [-0.3, -0.25) is 0 Å². The number of ether oxygens (including phenoxy) is 1. The third kappa shape index (κ3) is 4.08. The van der Waals surface area contributed by atoms with Gasteiger partial charge >= 0.3 is 5.97 Å². The molecule has 0 bridgehead atoms. The number of fused-ring (bicyclic) bond motifs is 1. The highest BCUT2D eigenvalue weighted by Crippen LogP contribution is 2.26. The second-order valence-electron chi connectivity index (χ2n) is 5.79. The van der Waals surface area contributed by atoms with E-state index in [0.717, 1.165) is 36.5 Å². The van der Waals surface area contributed by atoms with Crippen molar-refractivity contribution in [3.8, 4) is 0 Å². The molecule has 0 aliphatic heterocycles. The summed E-state index contributed by atoms with van der Waals surface area (Å²) in [6.45, 7) is 2.50. The van der Waals surface area contributed by atoms with E-state index < -0.39 is 0 Å². The number of hydrogen-bond acceptors (Lipinski definition) is 3. The normalized spacial score (nSPS) is 12.3. The van der Waals surface area contributed by atoms with Gasteiger partial charge in [0.1, 0.15) is 0 Å². The zero-order valence-electron chi connectivity index (χ0n) is 13.3. The van der Waals surface area contributed by atoms with Crippen molar-refractivity contribution in [2.45, 2.75) is 38.5 Å². The molecule has 0 saturated heterocycles. The second-order valence-corrected chi connectivity index (χ2v) is 5.79. The van der Waals surface area contributed by atoms with E-state index in [1.165, 1.54) is 12.7 Å². The fourth-order valence-electron chi connectivity index (χ4n) is 2.72. The number of hydrogen-bond donors (Lipinski definition) is 1. The molecule has 2 aromatic rings. The number of aliphatic hydroxyl groups excluding tert-OH is 1. The van der Waals surface area contributed by atoms with Crippen molar-refractivity contribution in [2.24, 2.45) is 0 Å². The lowest BCUT2D eigenvalue weighted by molar-refractivity contribution is 0.0601. The Morgan fingerprint density at radius 1 is 1.09 bits per heavy atom. The number of rotatable bonds is 7. The minimum atomic E-state index is -0.302. The standard InChI is InChI=1S/C19H24O3/c1-14(6-4-3-5-11-20)16-9-7-15-8-10-17(19(21)22-2)13-18(15)12-16/h7-10,12-14,20H,3-6,11H2,1-2H3. The van der Waals surface area contributed by atoms with E-state index in [9.17, 15) is 4.79 Å². The molecule has 0 fully saturated rings. The Bertz CT molecular complexity index is 634. The first-order valence-electron chi connectivity index (χ1n) is 7.88. The number of methoxy groups -OCH3 is 1. The molecule has 3 heteroatoms. The maximum Gasteiger partial charge on any atom is 0.337 e. The van der Waals surface area contributed by atoms with E-state index in [-0.39, 0.29) is 12.6 Å². The van der Waals surface area contributed by atoms with Crippen molar-refractivity contribution in [3.63, 3.8) is 0 Å². The van der Waals surface area contributed by atoms with Gasteiger partial charge in [0.2, 0.25) is 0 Å². The summed E-state index contributed by atoms with van der Waals surface area (Å²) in [5.74, 6) is 0.175. The highest BCUT2D eigenvalue weighted by atomic mass is 16.5. The van der Waals surface area contributed by atoms with Crippen LogP contribution in [0.25, 0.3) is 10.8 Å². The van der Waals surface area contributed by atoms with E-state index in [2.05, 4.69) is 25.1 Å². The monoisotopic (exact) mass is 300 g/mol. The number of unbranched alkanes of at least 4 members (excludes halogenated alkanes) is 2. The molecule has 0 aromatic heterocycles. The molecule has 1 atom stereocenters. The Kier molecular flexibility index (Phi) is 5.96. The molecule has 0 saturated carbocycles. The van der Waals surface area contributed by atoms with Crippen LogP contribution in [0.1, 0.15) is 54.4 Å². The van der Waals surface area contributed by atoms with E-state index in [0.29, 0.717) is 11.5 Å². The Balaban J connectivity index is 2.15. The third-order valence-corrected chi connectivity index (χ3v) is 4.15. The lowest BCUT2D eigenvalue weighted by atomic mass is 9.93. The largest absolute Gasteiger partial charge is 0.465 e. The molecule has 0 aliphatic rings. The smallest absolute Gasteiger partial charge is 0.337 e. The Hall–Kier alpha value is -1.87. The van der Waals surface area contributed by atoms with E-state index in [1.807, 2.05) is 12.1 Å². The van der Waals surface area contributed by atoms with Crippen LogP contribution in [-0.2, 0) is 4.74 Å². The molecule has 1 N–H and O–H groups in total. The van der Waals surface area contributed by atoms with E-state index in [4.69, 9.17) is 9.84 Å². The third-order valence-electron chi connectivity index (χ3n) is 4.15. The molecule has 1 unspecified atom stereocenters. The SMILES string of the molecule is COC(=O)c1ccc2ccc(C(C)CCCCCO)cc2c1. The first-order chi connectivity index (χ1) is 10.7. The lowest BCUT2D eigenvalue weighted by Gasteiger charge is -2.13. The highest BCUT2D eigenvalue weighted by molar-refractivity contribution is 5.95. The van der Waals surface area contributed by atoms with Gasteiger partial charge in [0.25, 0.3) is 0 Å². The maximum atomic E-state index is 11.6. The summed E-state index contributed by atoms with van der Waals surface area (Å²) in [5.41, 5.74) is 1.88. The summed E-state index contributed by atoms with van der Waals surface area (Å²) in [6.07, 6.45) is 4.19. The first kappa shape index (κ1) is 16.5. The molecule has 0 heterocycles. The number of aliphatic hydroxyl groups is 1. The van der Waals surface area contributed by atoms with Crippen LogP contribution in [0.4, 0.5) is 0 Å². The molecule has 22 heavy (non-hydrogen) atoms. The van der Waals surface area contributed by atoms with Crippen molar-refractivity contribution in [2.75, 3.05) is 13.7 Å². The highest BCUT2D eigenvalue weighted by Gasteiger charge is 2.09. The number of carbonyl (C=O) groups excluding carboxylic acids is 1. The summed E-state index contributed by atoms with van der Waals surface area (Å²) in [7, 11) is 1.40. The zero-order valence-corrected chi connectivity index (χ0v) is 13.3. The maximum absolute atomic E-state index is 11.6. The van der Waals surface area contributed by atoms with Gasteiger partial charge < -0.3 is 9.84 Å². The number of benzene rings is 2. The quantitative estimate of drug-likeness (QED) is 0.613. The number of esters is 1. The van der Waals surface area contributed by atoms with Crippen molar-refractivity contribution in [3.05, 3.63) is 47.5 Å². The predicted octanol–water partition coefficient (Wildman–Crippen LogP) is 4.28. The average molecular weight is 300 g/mol. The van der Waals surface area contributed by atoms with Gasteiger partial charge in [-0.15, -0.1) is 0 Å². The second kappa shape index (κ2) is 7.95. The predicted molar refractivity (Wildman–Crippen MR) is 89.3 cm³/mol. The van der Waals surface area contributed by atoms with Gasteiger partial charge in [-0.25, -0.2) is 4.79 Å². The van der Waals surface area contributed by atoms with Crippen LogP contribution in [0, 0.1) is 0 Å². The molecular weight excluding hydrogens is 276 g/mol. The molecule has 0 radical (unpaired) electrons. The topological polar surface area (TPSA) is 46.5 Å². The zero-order chi connectivity index (χ0) is 15.9. The summed E-state index contributed by atoms with van der Waals surface area (Å²) in [4.78, 5) is 11.6.